The summed E-state index contributed by atoms with van der Waals surface area (Å²) in [5.41, 5.74) is 2.22. The molecule has 0 aliphatic carbocycles. The Morgan fingerprint density at radius 3 is 3.25 bits per heavy atom. The summed E-state index contributed by atoms with van der Waals surface area (Å²) in [4.78, 5) is 11.5. The van der Waals surface area contributed by atoms with Crippen molar-refractivity contribution in [3.8, 4) is 0 Å². The zero-order valence-corrected chi connectivity index (χ0v) is 11.1. The summed E-state index contributed by atoms with van der Waals surface area (Å²) in [5, 5.41) is 12.1. The zero-order valence-electron chi connectivity index (χ0n) is 11.1. The molecule has 1 aliphatic heterocycles. The van der Waals surface area contributed by atoms with Gasteiger partial charge >= 0.3 is 0 Å². The van der Waals surface area contributed by atoms with Crippen LogP contribution in [0, 0.1) is 0 Å². The van der Waals surface area contributed by atoms with Crippen LogP contribution in [0.4, 0.5) is 0 Å². The van der Waals surface area contributed by atoms with E-state index in [1.807, 2.05) is 4.40 Å². The summed E-state index contributed by atoms with van der Waals surface area (Å²) >= 11 is 0. The van der Waals surface area contributed by atoms with Crippen LogP contribution in [0.5, 0.6) is 0 Å². The fraction of sp³-hybridized carbons (Fsp3) is 0.500. The van der Waals surface area contributed by atoms with Gasteiger partial charge in [-0.2, -0.15) is 0 Å². The Labute approximate surface area is 114 Å². The van der Waals surface area contributed by atoms with Crippen molar-refractivity contribution in [2.24, 2.45) is 0 Å². The average Bonchev–Trinajstić information content (AvgIpc) is 3.16. The minimum absolute atomic E-state index is 0.187. The van der Waals surface area contributed by atoms with Gasteiger partial charge in [0.15, 0.2) is 11.3 Å². The standard InChI is InChI=1S/C12H15N7O/c1-2-13-8-4-20-3-7(8)11-17-18-12-9-10(15-5-14-9)16-6-19(11)12/h5-8,13H,2-4H2,1H3,(H,14,15). The number of nitrogens with zero attached hydrogens (tertiary/aromatic N) is 5. The number of hydrogen-bond acceptors (Lipinski definition) is 6. The number of imidazole rings is 1. The molecule has 0 spiro atoms. The molecular formula is C12H15N7O. The van der Waals surface area contributed by atoms with Crippen LogP contribution in [0.15, 0.2) is 12.7 Å². The van der Waals surface area contributed by atoms with Crippen LogP contribution in [0.3, 0.4) is 0 Å². The normalized spacial score (nSPS) is 23.1. The molecule has 0 radical (unpaired) electrons. The minimum atomic E-state index is 0.187. The number of ether oxygens (including phenoxy) is 1. The Morgan fingerprint density at radius 1 is 1.40 bits per heavy atom. The van der Waals surface area contributed by atoms with E-state index in [0.717, 1.165) is 23.5 Å². The van der Waals surface area contributed by atoms with Gasteiger partial charge in [0.25, 0.3) is 0 Å². The smallest absolute Gasteiger partial charge is 0.189 e. The second kappa shape index (κ2) is 4.50. The Hall–Kier alpha value is -2.06. The lowest BCUT2D eigenvalue weighted by molar-refractivity contribution is 0.187. The molecule has 104 valence electrons. The first kappa shape index (κ1) is 11.7. The Balaban J connectivity index is 1.83. The molecule has 1 aliphatic rings. The van der Waals surface area contributed by atoms with Gasteiger partial charge in [0.05, 0.1) is 25.5 Å². The summed E-state index contributed by atoms with van der Waals surface area (Å²) in [6.07, 6.45) is 3.35. The number of aromatic nitrogens is 6. The third-order valence-electron chi connectivity index (χ3n) is 3.74. The number of likely N-dealkylation sites (N-methyl/N-ethyl adjacent to an activating group) is 1. The molecule has 0 amide bonds. The van der Waals surface area contributed by atoms with Gasteiger partial charge in [0.1, 0.15) is 17.7 Å². The van der Waals surface area contributed by atoms with Gasteiger partial charge in [-0.3, -0.25) is 4.40 Å². The lowest BCUT2D eigenvalue weighted by Crippen LogP contribution is -2.34. The summed E-state index contributed by atoms with van der Waals surface area (Å²) in [5.74, 6) is 1.07. The van der Waals surface area contributed by atoms with Crippen molar-refractivity contribution in [3.05, 3.63) is 18.5 Å². The fourth-order valence-corrected chi connectivity index (χ4v) is 2.77. The van der Waals surface area contributed by atoms with Crippen LogP contribution in [0.1, 0.15) is 18.7 Å². The summed E-state index contributed by atoms with van der Waals surface area (Å²) in [6, 6.07) is 0.268. The first-order valence-electron chi connectivity index (χ1n) is 6.72. The molecule has 3 aromatic heterocycles. The SMILES string of the molecule is CCNC1COCC1c1nnc2c3[nH]cnc3ncn12. The van der Waals surface area contributed by atoms with E-state index in [1.165, 1.54) is 0 Å². The van der Waals surface area contributed by atoms with Gasteiger partial charge in [0, 0.05) is 6.04 Å². The monoisotopic (exact) mass is 273 g/mol. The predicted octanol–water partition coefficient (Wildman–Crippen LogP) is 0.0925. The Morgan fingerprint density at radius 2 is 2.35 bits per heavy atom. The van der Waals surface area contributed by atoms with Gasteiger partial charge in [-0.15, -0.1) is 10.2 Å². The average molecular weight is 273 g/mol. The van der Waals surface area contributed by atoms with Crippen molar-refractivity contribution in [3.63, 3.8) is 0 Å². The van der Waals surface area contributed by atoms with Crippen LogP contribution in [0.2, 0.25) is 0 Å². The number of aromatic amines is 1. The number of H-pyrrole nitrogens is 1. The first-order valence-corrected chi connectivity index (χ1v) is 6.72. The molecule has 3 aromatic rings. The highest BCUT2D eigenvalue weighted by Gasteiger charge is 2.32. The summed E-state index contributed by atoms with van der Waals surface area (Å²) in [6.45, 7) is 4.35. The van der Waals surface area contributed by atoms with Gasteiger partial charge in [-0.1, -0.05) is 6.92 Å². The van der Waals surface area contributed by atoms with Crippen molar-refractivity contribution < 1.29 is 4.74 Å². The molecule has 20 heavy (non-hydrogen) atoms. The van der Waals surface area contributed by atoms with Gasteiger partial charge in [-0.25, -0.2) is 9.97 Å². The molecule has 0 bridgehead atoms. The minimum Gasteiger partial charge on any atom is -0.379 e. The topological polar surface area (TPSA) is 93.0 Å². The molecule has 1 saturated heterocycles. The zero-order chi connectivity index (χ0) is 13.5. The maximum atomic E-state index is 5.58. The molecule has 2 atom stereocenters. The molecule has 1 fully saturated rings. The van der Waals surface area contributed by atoms with Crippen molar-refractivity contribution in [1.82, 2.24) is 34.9 Å². The molecule has 8 heteroatoms. The number of hydrogen-bond donors (Lipinski definition) is 2. The Kier molecular flexibility index (Phi) is 2.64. The van der Waals surface area contributed by atoms with Crippen LogP contribution >= 0.6 is 0 Å². The quantitative estimate of drug-likeness (QED) is 0.702. The highest BCUT2D eigenvalue weighted by atomic mass is 16.5. The van der Waals surface area contributed by atoms with E-state index in [-0.39, 0.29) is 12.0 Å². The highest BCUT2D eigenvalue weighted by Crippen LogP contribution is 2.25. The maximum absolute atomic E-state index is 5.58. The third-order valence-corrected chi connectivity index (χ3v) is 3.74. The lowest BCUT2D eigenvalue weighted by Gasteiger charge is -2.16. The van der Waals surface area contributed by atoms with E-state index >= 15 is 0 Å². The second-order valence-corrected chi connectivity index (χ2v) is 4.91. The molecule has 4 rings (SSSR count). The van der Waals surface area contributed by atoms with Gasteiger partial charge in [0.2, 0.25) is 0 Å². The molecule has 8 nitrogen and oxygen atoms in total. The molecule has 0 saturated carbocycles. The van der Waals surface area contributed by atoms with Crippen molar-refractivity contribution in [2.45, 2.75) is 18.9 Å². The van der Waals surface area contributed by atoms with E-state index in [0.29, 0.717) is 18.9 Å². The Bertz CT molecular complexity index is 749. The molecule has 4 heterocycles. The number of rotatable bonds is 3. The van der Waals surface area contributed by atoms with E-state index < -0.39 is 0 Å². The van der Waals surface area contributed by atoms with Crippen LogP contribution in [-0.4, -0.2) is 55.4 Å². The number of fused-ring (bicyclic) bond motifs is 3. The van der Waals surface area contributed by atoms with E-state index in [1.54, 1.807) is 12.7 Å². The summed E-state index contributed by atoms with van der Waals surface area (Å²) in [7, 11) is 0. The van der Waals surface area contributed by atoms with E-state index in [9.17, 15) is 0 Å². The maximum Gasteiger partial charge on any atom is 0.189 e. The van der Waals surface area contributed by atoms with Crippen molar-refractivity contribution in [1.29, 1.82) is 0 Å². The summed E-state index contributed by atoms with van der Waals surface area (Å²) < 4.78 is 7.50. The third kappa shape index (κ3) is 1.61. The van der Waals surface area contributed by atoms with Crippen molar-refractivity contribution in [2.75, 3.05) is 19.8 Å². The van der Waals surface area contributed by atoms with Crippen LogP contribution in [0.25, 0.3) is 16.8 Å². The van der Waals surface area contributed by atoms with Gasteiger partial charge < -0.3 is 15.0 Å². The van der Waals surface area contributed by atoms with Crippen molar-refractivity contribution >= 4 is 16.8 Å². The largest absolute Gasteiger partial charge is 0.379 e. The molecule has 2 N–H and O–H groups in total. The molecule has 2 unspecified atom stereocenters. The van der Waals surface area contributed by atoms with Gasteiger partial charge in [-0.05, 0) is 6.54 Å². The van der Waals surface area contributed by atoms with E-state index in [4.69, 9.17) is 4.74 Å². The highest BCUT2D eigenvalue weighted by molar-refractivity contribution is 5.84. The number of nitrogens with one attached hydrogen (secondary N) is 2. The predicted molar refractivity (Wildman–Crippen MR) is 71.5 cm³/mol. The van der Waals surface area contributed by atoms with Crippen LogP contribution in [-0.2, 0) is 4.74 Å². The fourth-order valence-electron chi connectivity index (χ4n) is 2.77. The van der Waals surface area contributed by atoms with Crippen LogP contribution < -0.4 is 5.32 Å². The molecule has 0 aromatic carbocycles. The first-order chi connectivity index (χ1) is 9.88. The lowest BCUT2D eigenvalue weighted by atomic mass is 10.0. The second-order valence-electron chi connectivity index (χ2n) is 4.91. The van der Waals surface area contributed by atoms with E-state index in [2.05, 4.69) is 37.4 Å². The molecular weight excluding hydrogens is 258 g/mol.